The predicted molar refractivity (Wildman–Crippen MR) is 186 cm³/mol. The first-order chi connectivity index (χ1) is 24.9. The molecule has 1 amide bonds. The molecule has 3 aromatic carbocycles. The van der Waals surface area contributed by atoms with Crippen LogP contribution in [0.5, 0.6) is 0 Å². The second-order valence-electron chi connectivity index (χ2n) is 11.5. The van der Waals surface area contributed by atoms with E-state index in [2.05, 4.69) is 20.9 Å². The van der Waals surface area contributed by atoms with E-state index in [0.29, 0.717) is 11.1 Å². The number of amides is 1. The molecule has 16 nitrogen and oxygen atoms in total. The van der Waals surface area contributed by atoms with Gasteiger partial charge in [-0.2, -0.15) is 0 Å². The van der Waals surface area contributed by atoms with Crippen LogP contribution in [-0.4, -0.2) is 57.9 Å². The van der Waals surface area contributed by atoms with Gasteiger partial charge in [0.2, 0.25) is 0 Å². The first-order valence-corrected chi connectivity index (χ1v) is 17.1. The highest BCUT2D eigenvalue weighted by atomic mass is 79.9. The van der Waals surface area contributed by atoms with Crippen molar-refractivity contribution in [2.45, 2.75) is 42.4 Å². The highest BCUT2D eigenvalue weighted by molar-refractivity contribution is 9.10. The Labute approximate surface area is 306 Å². The number of benzene rings is 3. The third-order valence-corrected chi connectivity index (χ3v) is 10.8. The number of esters is 2. The van der Waals surface area contributed by atoms with Gasteiger partial charge in [0, 0.05) is 49.2 Å². The van der Waals surface area contributed by atoms with Crippen molar-refractivity contribution in [3.8, 4) is 0 Å². The Hall–Kier alpha value is -5.88. The van der Waals surface area contributed by atoms with Crippen LogP contribution < -0.4 is 0 Å². The third kappa shape index (κ3) is 7.15. The number of rotatable bonds is 12. The predicted octanol–water partition coefficient (Wildman–Crippen LogP) is 5.71. The van der Waals surface area contributed by atoms with Gasteiger partial charge in [-0.1, -0.05) is 46.3 Å². The molecule has 52 heavy (non-hydrogen) atoms. The summed E-state index contributed by atoms with van der Waals surface area (Å²) in [5.74, 6) is -1.98. The number of thioether (sulfide) groups is 1. The van der Waals surface area contributed by atoms with E-state index in [9.17, 15) is 39.4 Å². The van der Waals surface area contributed by atoms with Crippen molar-refractivity contribution in [1.29, 1.82) is 0 Å². The van der Waals surface area contributed by atoms with Gasteiger partial charge in [-0.05, 0) is 41.0 Å². The highest BCUT2D eigenvalue weighted by Gasteiger charge is 2.69. The minimum Gasteiger partial charge on any atom is -0.456 e. The van der Waals surface area contributed by atoms with E-state index in [1.54, 1.807) is 0 Å². The molecule has 3 atom stereocenters. The zero-order valence-electron chi connectivity index (χ0n) is 26.9. The minimum absolute atomic E-state index is 0.0492. The number of non-ortho nitro benzene ring substituents is 2. The summed E-state index contributed by atoms with van der Waals surface area (Å²) in [4.78, 5) is 79.6. The summed E-state index contributed by atoms with van der Waals surface area (Å²) in [6.45, 7) is 0.737. The van der Waals surface area contributed by atoms with Crippen LogP contribution in [0.4, 0.5) is 16.2 Å². The Bertz CT molecular complexity index is 2110. The summed E-state index contributed by atoms with van der Waals surface area (Å²) >= 11 is 4.62. The molecule has 0 bridgehead atoms. The number of hydrogen-bond acceptors (Lipinski definition) is 13. The van der Waals surface area contributed by atoms with E-state index in [-0.39, 0.29) is 48.2 Å². The van der Waals surface area contributed by atoms with E-state index in [0.717, 1.165) is 28.8 Å². The maximum Gasteiger partial charge on any atom is 0.419 e. The molecule has 2 aliphatic rings. The molecule has 18 heteroatoms. The fraction of sp³-hybridized carbons (Fsp3) is 0.206. The Morgan fingerprint density at radius 1 is 0.904 bits per heavy atom. The molecular weight excluding hydrogens is 766 g/mol. The SMILES string of the molecule is CC(=O)OC(c1cn(C(=O)OCc2ccc([N+](=O)[O-])cc2)c(Cc2ccccc2)n1)[C@]1(Br)C(=O)N2C(C(=O)OCc3ccc([N+](=O)[O-])cc3)=CS[C@H]21. The maximum atomic E-state index is 13.9. The minimum atomic E-state index is -1.62. The van der Waals surface area contributed by atoms with Gasteiger partial charge < -0.3 is 14.2 Å². The van der Waals surface area contributed by atoms with E-state index in [1.165, 1.54) is 65.0 Å². The molecule has 0 spiro atoms. The lowest BCUT2D eigenvalue weighted by Gasteiger charge is -2.51. The fourth-order valence-electron chi connectivity index (χ4n) is 5.51. The monoisotopic (exact) mass is 791 g/mol. The lowest BCUT2D eigenvalue weighted by molar-refractivity contribution is -0.385. The molecule has 6 rings (SSSR count). The molecule has 0 N–H and O–H groups in total. The maximum absolute atomic E-state index is 13.9. The van der Waals surface area contributed by atoms with Crippen LogP contribution in [0.2, 0.25) is 0 Å². The summed E-state index contributed by atoms with van der Waals surface area (Å²) in [7, 11) is 0. The Kier molecular flexibility index (Phi) is 10.2. The molecule has 3 heterocycles. The number of hydrogen-bond donors (Lipinski definition) is 0. The Morgan fingerprint density at radius 3 is 2.04 bits per heavy atom. The van der Waals surface area contributed by atoms with Crippen LogP contribution in [0.3, 0.4) is 0 Å². The quantitative estimate of drug-likeness (QED) is 0.0422. The average molecular weight is 793 g/mol. The van der Waals surface area contributed by atoms with Crippen molar-refractivity contribution in [3.05, 3.63) is 145 Å². The van der Waals surface area contributed by atoms with E-state index >= 15 is 0 Å². The number of β-lactam (4-membered cyclic amide) rings is 1. The van der Waals surface area contributed by atoms with Gasteiger partial charge in [0.25, 0.3) is 17.3 Å². The summed E-state index contributed by atoms with van der Waals surface area (Å²) in [5, 5.41) is 22.6. The molecule has 1 saturated heterocycles. The molecule has 0 radical (unpaired) electrons. The number of halogens is 1. The van der Waals surface area contributed by atoms with E-state index in [4.69, 9.17) is 14.2 Å². The first-order valence-electron chi connectivity index (χ1n) is 15.3. The number of nitrogens with zero attached hydrogens (tertiary/aromatic N) is 5. The molecule has 4 aromatic rings. The summed E-state index contributed by atoms with van der Waals surface area (Å²) in [6.07, 6.45) is -0.742. The Balaban J connectivity index is 1.23. The number of fused-ring (bicyclic) bond motifs is 1. The molecule has 1 aromatic heterocycles. The lowest BCUT2D eigenvalue weighted by Crippen LogP contribution is -2.70. The number of nitro benzene ring substituents is 2. The lowest BCUT2D eigenvalue weighted by atomic mass is 9.89. The van der Waals surface area contributed by atoms with Crippen LogP contribution in [0.1, 0.15) is 41.2 Å². The molecule has 2 aliphatic heterocycles. The van der Waals surface area contributed by atoms with Gasteiger partial charge in [0.05, 0.1) is 9.85 Å². The third-order valence-electron chi connectivity index (χ3n) is 8.08. The normalized spacial score (nSPS) is 18.0. The zero-order chi connectivity index (χ0) is 37.2. The summed E-state index contributed by atoms with van der Waals surface area (Å²) < 4.78 is 16.1. The number of carbonyl (C=O) groups is 4. The zero-order valence-corrected chi connectivity index (χ0v) is 29.4. The van der Waals surface area contributed by atoms with Crippen molar-refractivity contribution >= 4 is 63.0 Å². The molecule has 0 aliphatic carbocycles. The Morgan fingerprint density at radius 2 is 1.48 bits per heavy atom. The topological polar surface area (TPSA) is 203 Å². The van der Waals surface area contributed by atoms with Crippen molar-refractivity contribution in [1.82, 2.24) is 14.5 Å². The largest absolute Gasteiger partial charge is 0.456 e. The van der Waals surface area contributed by atoms with Crippen LogP contribution in [0.15, 0.2) is 96.2 Å². The van der Waals surface area contributed by atoms with Crippen molar-refractivity contribution in [3.63, 3.8) is 0 Å². The van der Waals surface area contributed by atoms with Gasteiger partial charge in [-0.15, -0.1) is 11.8 Å². The van der Waals surface area contributed by atoms with Gasteiger partial charge >= 0.3 is 18.0 Å². The first kappa shape index (κ1) is 35.9. The number of imidazole rings is 1. The number of aromatic nitrogens is 2. The van der Waals surface area contributed by atoms with Gasteiger partial charge in [0.1, 0.15) is 35.8 Å². The molecule has 0 saturated carbocycles. The fourth-order valence-corrected chi connectivity index (χ4v) is 7.78. The van der Waals surface area contributed by atoms with Crippen LogP contribution >= 0.6 is 27.7 Å². The van der Waals surface area contributed by atoms with Crippen LogP contribution in [-0.2, 0) is 48.2 Å². The van der Waals surface area contributed by atoms with E-state index < -0.39 is 49.6 Å². The highest BCUT2D eigenvalue weighted by Crippen LogP contribution is 2.58. The van der Waals surface area contributed by atoms with Gasteiger partial charge in [0.15, 0.2) is 10.4 Å². The number of carbonyl (C=O) groups excluding carboxylic acids is 4. The molecule has 266 valence electrons. The number of nitro groups is 2. The summed E-state index contributed by atoms with van der Waals surface area (Å²) in [5.41, 5.74) is 1.54. The van der Waals surface area contributed by atoms with Crippen molar-refractivity contribution < 1.29 is 43.2 Å². The number of ether oxygens (including phenoxy) is 3. The van der Waals surface area contributed by atoms with Crippen molar-refractivity contribution in [2.75, 3.05) is 0 Å². The number of alkyl halides is 1. The van der Waals surface area contributed by atoms with Crippen LogP contribution in [0, 0.1) is 20.2 Å². The van der Waals surface area contributed by atoms with Gasteiger partial charge in [-0.3, -0.25) is 34.7 Å². The summed E-state index contributed by atoms with van der Waals surface area (Å²) in [6, 6.07) is 20.1. The average Bonchev–Trinajstić information content (AvgIpc) is 3.76. The molecule has 1 unspecified atom stereocenters. The standard InChI is InChI=1S/C34H26BrN5O11S/c1-20(41)51-29(34(35)31(43)38-27(19-52-32(34)38)30(42)49-17-22-7-11-24(12-8-22)39(45)46)26-16-37(28(36-26)15-21-5-3-2-4-6-21)33(44)50-18-23-9-13-25(14-10-23)40(47)48/h2-14,16,19,29,32H,15,17-18H2,1H3/t29?,32-,34-/m0/s1. The van der Waals surface area contributed by atoms with Gasteiger partial charge in [-0.25, -0.2) is 19.1 Å². The van der Waals surface area contributed by atoms with Crippen molar-refractivity contribution in [2.24, 2.45) is 0 Å². The van der Waals surface area contributed by atoms with E-state index in [1.807, 2.05) is 30.3 Å². The second kappa shape index (κ2) is 14.8. The second-order valence-corrected chi connectivity index (χ2v) is 13.8. The van der Waals surface area contributed by atoms with Crippen LogP contribution in [0.25, 0.3) is 0 Å². The molecule has 1 fully saturated rings. The smallest absolute Gasteiger partial charge is 0.419 e. The molecular formula is C34H26BrN5O11S.